The standard InChI is InChI=1S/C26H30FNO5S/c1-18-8-14-21(15-9-18)34(31,32)28-25-22(6-4-2-3-5-7-24(29)30)26(16-23(25)33-17-26)19-10-12-20(27)13-11-19/h2,4,8-15,22-23,25,28H,3,5-7,16-17H2,1H3,(H,29,30)/b4-2-/t22-,23?,25-,26?/m0/s1. The zero-order chi connectivity index (χ0) is 24.3. The Bertz CT molecular complexity index is 1150. The van der Waals surface area contributed by atoms with E-state index in [4.69, 9.17) is 9.84 Å². The minimum absolute atomic E-state index is 0.0901. The molecule has 4 rings (SSSR count). The van der Waals surface area contributed by atoms with Crippen molar-refractivity contribution in [2.24, 2.45) is 5.92 Å². The van der Waals surface area contributed by atoms with Gasteiger partial charge in [0, 0.05) is 11.8 Å². The molecule has 8 heteroatoms. The van der Waals surface area contributed by atoms with Crippen molar-refractivity contribution >= 4 is 16.0 Å². The van der Waals surface area contributed by atoms with Gasteiger partial charge in [0.2, 0.25) is 10.0 Å². The largest absolute Gasteiger partial charge is 0.481 e. The molecule has 4 atom stereocenters. The second-order valence-electron chi connectivity index (χ2n) is 9.28. The summed E-state index contributed by atoms with van der Waals surface area (Å²) in [4.78, 5) is 10.9. The number of hydrogen-bond acceptors (Lipinski definition) is 4. The van der Waals surface area contributed by atoms with Crippen LogP contribution >= 0.6 is 0 Å². The molecule has 2 aromatic rings. The average Bonchev–Trinajstić information content (AvgIpc) is 3.35. The predicted molar refractivity (Wildman–Crippen MR) is 126 cm³/mol. The maximum absolute atomic E-state index is 13.6. The van der Waals surface area contributed by atoms with Gasteiger partial charge in [-0.05, 0) is 68.4 Å². The Labute approximate surface area is 199 Å². The summed E-state index contributed by atoms with van der Waals surface area (Å²) >= 11 is 0. The summed E-state index contributed by atoms with van der Waals surface area (Å²) in [5.74, 6) is -1.23. The lowest BCUT2D eigenvalue weighted by molar-refractivity contribution is -0.137. The summed E-state index contributed by atoms with van der Waals surface area (Å²) in [6.07, 6.45) is 6.24. The molecule has 6 nitrogen and oxygen atoms in total. The highest BCUT2D eigenvalue weighted by Gasteiger charge is 2.60. The number of ether oxygens (including phenoxy) is 1. The van der Waals surface area contributed by atoms with Gasteiger partial charge < -0.3 is 9.84 Å². The number of carboxylic acid groups (broad SMARTS) is 1. The number of allylic oxidation sites excluding steroid dienone is 2. The van der Waals surface area contributed by atoms with E-state index in [0.717, 1.165) is 11.1 Å². The molecule has 0 amide bonds. The third-order valence-corrected chi connectivity index (χ3v) is 8.50. The summed E-state index contributed by atoms with van der Waals surface area (Å²) in [5, 5.41) is 8.82. The number of hydrogen-bond donors (Lipinski definition) is 2. The van der Waals surface area contributed by atoms with E-state index < -0.39 is 27.4 Å². The molecule has 0 aromatic heterocycles. The van der Waals surface area contributed by atoms with Crippen LogP contribution in [-0.2, 0) is 25.0 Å². The van der Waals surface area contributed by atoms with Crippen molar-refractivity contribution in [1.29, 1.82) is 0 Å². The van der Waals surface area contributed by atoms with Gasteiger partial charge in [-0.1, -0.05) is 42.0 Å². The van der Waals surface area contributed by atoms with Gasteiger partial charge in [-0.3, -0.25) is 4.79 Å². The number of fused-ring (bicyclic) bond motifs is 2. The predicted octanol–water partition coefficient (Wildman–Crippen LogP) is 4.34. The van der Waals surface area contributed by atoms with E-state index in [1.54, 1.807) is 36.4 Å². The number of aryl methyl sites for hydroxylation is 1. The molecule has 2 unspecified atom stereocenters. The number of aliphatic carboxylic acids is 1. The number of nitrogens with one attached hydrogen (secondary N) is 1. The van der Waals surface area contributed by atoms with Crippen molar-refractivity contribution < 1.29 is 27.4 Å². The van der Waals surface area contributed by atoms with Gasteiger partial charge in [-0.2, -0.15) is 0 Å². The SMILES string of the molecule is Cc1ccc(S(=O)(=O)N[C@@H]2C3CC(c4ccc(F)cc4)(CO3)[C@H]2C/C=C\CCCC(=O)O)cc1. The molecule has 2 N–H and O–H groups in total. The second kappa shape index (κ2) is 9.98. The van der Waals surface area contributed by atoms with E-state index in [1.807, 2.05) is 19.1 Å². The molecule has 0 radical (unpaired) electrons. The zero-order valence-corrected chi connectivity index (χ0v) is 19.9. The van der Waals surface area contributed by atoms with E-state index >= 15 is 0 Å². The molecule has 2 aromatic carbocycles. The van der Waals surface area contributed by atoms with E-state index in [-0.39, 0.29) is 29.2 Å². The molecule has 1 aliphatic carbocycles. The summed E-state index contributed by atoms with van der Waals surface area (Å²) in [7, 11) is -3.76. The molecular formula is C26H30FNO5S. The molecule has 182 valence electrons. The van der Waals surface area contributed by atoms with E-state index in [1.165, 1.54) is 12.1 Å². The number of halogens is 1. The van der Waals surface area contributed by atoms with Crippen LogP contribution in [0.1, 0.15) is 43.2 Å². The first-order valence-electron chi connectivity index (χ1n) is 11.5. The number of carbonyl (C=O) groups is 1. The van der Waals surface area contributed by atoms with Crippen LogP contribution in [0.25, 0.3) is 0 Å². The third-order valence-electron chi connectivity index (χ3n) is 7.02. The van der Waals surface area contributed by atoms with Crippen molar-refractivity contribution in [3.8, 4) is 0 Å². The number of sulfonamides is 1. The molecule has 2 bridgehead atoms. The van der Waals surface area contributed by atoms with Crippen molar-refractivity contribution in [1.82, 2.24) is 4.72 Å². The van der Waals surface area contributed by atoms with Gasteiger partial charge in [0.25, 0.3) is 0 Å². The highest BCUT2D eigenvalue weighted by molar-refractivity contribution is 7.89. The van der Waals surface area contributed by atoms with E-state index in [0.29, 0.717) is 32.3 Å². The van der Waals surface area contributed by atoms with Gasteiger partial charge >= 0.3 is 5.97 Å². The highest BCUT2D eigenvalue weighted by Crippen LogP contribution is 2.54. The van der Waals surface area contributed by atoms with Crippen LogP contribution in [-0.4, -0.2) is 38.2 Å². The number of benzene rings is 2. The fourth-order valence-corrected chi connectivity index (χ4v) is 6.55. The summed E-state index contributed by atoms with van der Waals surface area (Å²) in [6.45, 7) is 2.35. The van der Waals surface area contributed by atoms with Crippen molar-refractivity contribution in [3.63, 3.8) is 0 Å². The molecule has 1 aliphatic heterocycles. The Balaban J connectivity index is 1.59. The molecule has 0 spiro atoms. The highest BCUT2D eigenvalue weighted by atomic mass is 32.2. The van der Waals surface area contributed by atoms with Gasteiger partial charge in [0.1, 0.15) is 5.82 Å². The molecular weight excluding hydrogens is 457 g/mol. The van der Waals surface area contributed by atoms with Gasteiger partial charge in [-0.15, -0.1) is 0 Å². The fourth-order valence-electron chi connectivity index (χ4n) is 5.25. The first-order chi connectivity index (χ1) is 16.2. The summed E-state index contributed by atoms with van der Waals surface area (Å²) in [5.41, 5.74) is 1.49. The number of unbranched alkanes of at least 4 members (excludes halogenated alkanes) is 1. The van der Waals surface area contributed by atoms with Gasteiger partial charge in [0.05, 0.1) is 23.6 Å². The molecule has 2 aliphatic rings. The lowest BCUT2D eigenvalue weighted by atomic mass is 9.71. The van der Waals surface area contributed by atoms with Gasteiger partial charge in [0.15, 0.2) is 0 Å². The lowest BCUT2D eigenvalue weighted by Crippen LogP contribution is -2.51. The second-order valence-corrected chi connectivity index (χ2v) is 11.0. The van der Waals surface area contributed by atoms with E-state index in [2.05, 4.69) is 4.72 Å². The average molecular weight is 488 g/mol. The quantitative estimate of drug-likeness (QED) is 0.384. The van der Waals surface area contributed by atoms with Crippen molar-refractivity contribution in [3.05, 3.63) is 77.6 Å². The van der Waals surface area contributed by atoms with Crippen LogP contribution < -0.4 is 4.72 Å². The monoisotopic (exact) mass is 487 g/mol. The minimum atomic E-state index is -3.76. The minimum Gasteiger partial charge on any atom is -0.481 e. The molecule has 34 heavy (non-hydrogen) atoms. The van der Waals surface area contributed by atoms with Crippen LogP contribution in [0.2, 0.25) is 0 Å². The first-order valence-corrected chi connectivity index (χ1v) is 13.0. The maximum atomic E-state index is 13.6. The Morgan fingerprint density at radius 1 is 1.18 bits per heavy atom. The summed E-state index contributed by atoms with van der Waals surface area (Å²) < 4.78 is 49.0. The van der Waals surface area contributed by atoms with Gasteiger partial charge in [-0.25, -0.2) is 17.5 Å². The summed E-state index contributed by atoms with van der Waals surface area (Å²) in [6, 6.07) is 12.7. The number of rotatable bonds is 10. The third kappa shape index (κ3) is 5.09. The molecule has 1 saturated carbocycles. The van der Waals surface area contributed by atoms with Crippen LogP contribution in [0.3, 0.4) is 0 Å². The first kappa shape index (κ1) is 24.6. The molecule has 1 heterocycles. The lowest BCUT2D eigenvalue weighted by Gasteiger charge is -2.39. The van der Waals surface area contributed by atoms with E-state index in [9.17, 15) is 17.6 Å². The van der Waals surface area contributed by atoms with Crippen LogP contribution in [0.15, 0.2) is 65.6 Å². The molecule has 1 saturated heterocycles. The smallest absolute Gasteiger partial charge is 0.303 e. The Morgan fingerprint density at radius 3 is 2.56 bits per heavy atom. The Hall–Kier alpha value is -2.55. The topological polar surface area (TPSA) is 92.7 Å². The van der Waals surface area contributed by atoms with Crippen molar-refractivity contribution in [2.75, 3.05) is 6.61 Å². The van der Waals surface area contributed by atoms with Crippen molar-refractivity contribution in [2.45, 2.75) is 61.5 Å². The maximum Gasteiger partial charge on any atom is 0.303 e. The molecule has 2 fully saturated rings. The van der Waals surface area contributed by atoms with Crippen LogP contribution in [0.4, 0.5) is 4.39 Å². The van der Waals surface area contributed by atoms with Crippen LogP contribution in [0.5, 0.6) is 0 Å². The fraction of sp³-hybridized carbons (Fsp3) is 0.423. The number of carboxylic acids is 1. The Kier molecular flexibility index (Phi) is 7.21. The Morgan fingerprint density at radius 2 is 1.88 bits per heavy atom. The normalized spacial score (nSPS) is 26.4. The zero-order valence-electron chi connectivity index (χ0n) is 19.1. The van der Waals surface area contributed by atoms with Crippen LogP contribution in [0, 0.1) is 18.7 Å².